The molecular formula is C10H21NO3. The number of nitrogens with zero attached hydrogens (tertiary/aromatic N) is 1. The predicted octanol–water partition coefficient (Wildman–Crippen LogP) is 0.642. The molecule has 0 aliphatic rings. The lowest BCUT2D eigenvalue weighted by Crippen LogP contribution is -2.30. The Morgan fingerprint density at radius 1 is 1.57 bits per heavy atom. The van der Waals surface area contributed by atoms with Crippen LogP contribution in [0.3, 0.4) is 0 Å². The smallest absolute Gasteiger partial charge is 0.224 e. The molecule has 1 amide bonds. The summed E-state index contributed by atoms with van der Waals surface area (Å²) in [6.45, 7) is 5.35. The second kappa shape index (κ2) is 7.76. The van der Waals surface area contributed by atoms with E-state index in [-0.39, 0.29) is 12.0 Å². The van der Waals surface area contributed by atoms with Gasteiger partial charge in [-0.25, -0.2) is 0 Å². The standard InChI is InChI=1S/C10H21NO3/c1-4-14-8-6-10(13)11(3)7-5-9(2)12/h9,12H,4-8H2,1-3H3. The van der Waals surface area contributed by atoms with Crippen LogP contribution >= 0.6 is 0 Å². The van der Waals surface area contributed by atoms with Crippen LogP contribution in [0.5, 0.6) is 0 Å². The summed E-state index contributed by atoms with van der Waals surface area (Å²) in [5, 5.41) is 9.03. The molecule has 14 heavy (non-hydrogen) atoms. The highest BCUT2D eigenvalue weighted by molar-refractivity contribution is 5.75. The number of carbonyl (C=O) groups excluding carboxylic acids is 1. The third-order valence-corrected chi connectivity index (χ3v) is 1.97. The summed E-state index contributed by atoms with van der Waals surface area (Å²) in [5.41, 5.74) is 0. The van der Waals surface area contributed by atoms with Crippen molar-refractivity contribution in [2.24, 2.45) is 0 Å². The molecule has 1 unspecified atom stereocenters. The molecule has 0 heterocycles. The fourth-order valence-electron chi connectivity index (χ4n) is 1.000. The first-order chi connectivity index (χ1) is 6.57. The molecule has 0 spiro atoms. The normalized spacial score (nSPS) is 12.6. The van der Waals surface area contributed by atoms with E-state index < -0.39 is 0 Å². The van der Waals surface area contributed by atoms with Crippen molar-refractivity contribution in [1.82, 2.24) is 4.90 Å². The van der Waals surface area contributed by atoms with Gasteiger partial charge in [-0.05, 0) is 20.3 Å². The summed E-state index contributed by atoms with van der Waals surface area (Å²) >= 11 is 0. The molecule has 0 aliphatic heterocycles. The SMILES string of the molecule is CCOCCC(=O)N(C)CCC(C)O. The zero-order chi connectivity index (χ0) is 11.0. The van der Waals surface area contributed by atoms with Gasteiger partial charge in [0.1, 0.15) is 0 Å². The van der Waals surface area contributed by atoms with Crippen molar-refractivity contribution in [3.8, 4) is 0 Å². The minimum absolute atomic E-state index is 0.0686. The number of carbonyl (C=O) groups is 1. The van der Waals surface area contributed by atoms with E-state index >= 15 is 0 Å². The lowest BCUT2D eigenvalue weighted by Gasteiger charge is -2.17. The van der Waals surface area contributed by atoms with Crippen LogP contribution in [-0.2, 0) is 9.53 Å². The summed E-state index contributed by atoms with van der Waals surface area (Å²) in [4.78, 5) is 13.0. The van der Waals surface area contributed by atoms with Crippen LogP contribution in [0.25, 0.3) is 0 Å². The van der Waals surface area contributed by atoms with Crippen molar-refractivity contribution in [1.29, 1.82) is 0 Å². The van der Waals surface area contributed by atoms with E-state index in [9.17, 15) is 4.79 Å². The van der Waals surface area contributed by atoms with E-state index in [2.05, 4.69) is 0 Å². The van der Waals surface area contributed by atoms with Gasteiger partial charge < -0.3 is 14.7 Å². The highest BCUT2D eigenvalue weighted by Gasteiger charge is 2.08. The summed E-state index contributed by atoms with van der Waals surface area (Å²) in [7, 11) is 1.75. The van der Waals surface area contributed by atoms with Gasteiger partial charge in [0.25, 0.3) is 0 Å². The number of aliphatic hydroxyl groups excluding tert-OH is 1. The first-order valence-electron chi connectivity index (χ1n) is 5.07. The van der Waals surface area contributed by atoms with Gasteiger partial charge in [-0.2, -0.15) is 0 Å². The summed E-state index contributed by atoms with van der Waals surface area (Å²) in [5.74, 6) is 0.0686. The Bertz CT molecular complexity index is 159. The lowest BCUT2D eigenvalue weighted by molar-refractivity contribution is -0.131. The van der Waals surface area contributed by atoms with E-state index in [0.29, 0.717) is 32.6 Å². The van der Waals surface area contributed by atoms with Crippen LogP contribution in [0.15, 0.2) is 0 Å². The van der Waals surface area contributed by atoms with E-state index in [1.54, 1.807) is 18.9 Å². The van der Waals surface area contributed by atoms with E-state index in [0.717, 1.165) is 0 Å². The molecule has 0 saturated heterocycles. The Hall–Kier alpha value is -0.610. The number of aliphatic hydroxyl groups is 1. The number of hydrogen-bond acceptors (Lipinski definition) is 3. The average molecular weight is 203 g/mol. The molecule has 0 radical (unpaired) electrons. The number of amides is 1. The van der Waals surface area contributed by atoms with Crippen molar-refractivity contribution < 1.29 is 14.6 Å². The van der Waals surface area contributed by atoms with Gasteiger partial charge in [-0.3, -0.25) is 4.79 Å². The van der Waals surface area contributed by atoms with Crippen molar-refractivity contribution in [3.63, 3.8) is 0 Å². The number of ether oxygens (including phenoxy) is 1. The molecule has 1 atom stereocenters. The fourth-order valence-corrected chi connectivity index (χ4v) is 1.000. The minimum Gasteiger partial charge on any atom is -0.393 e. The molecule has 0 aromatic heterocycles. The molecule has 0 bridgehead atoms. The predicted molar refractivity (Wildman–Crippen MR) is 55.0 cm³/mol. The van der Waals surface area contributed by atoms with Crippen LogP contribution in [0.1, 0.15) is 26.7 Å². The van der Waals surface area contributed by atoms with Crippen LogP contribution in [0.4, 0.5) is 0 Å². The molecule has 1 N–H and O–H groups in total. The third kappa shape index (κ3) is 6.86. The monoisotopic (exact) mass is 203 g/mol. The Morgan fingerprint density at radius 2 is 2.21 bits per heavy atom. The van der Waals surface area contributed by atoms with Gasteiger partial charge >= 0.3 is 0 Å². The summed E-state index contributed by atoms with van der Waals surface area (Å²) < 4.78 is 5.08. The quantitative estimate of drug-likeness (QED) is 0.618. The van der Waals surface area contributed by atoms with Gasteiger partial charge in [-0.1, -0.05) is 0 Å². The summed E-state index contributed by atoms with van der Waals surface area (Å²) in [6, 6.07) is 0. The molecule has 0 aromatic rings. The zero-order valence-corrected chi connectivity index (χ0v) is 9.32. The number of rotatable bonds is 7. The van der Waals surface area contributed by atoms with Crippen LogP contribution in [0.2, 0.25) is 0 Å². The third-order valence-electron chi connectivity index (χ3n) is 1.97. The van der Waals surface area contributed by atoms with Crippen LogP contribution in [0, 0.1) is 0 Å². The van der Waals surface area contributed by atoms with E-state index in [1.807, 2.05) is 6.92 Å². The van der Waals surface area contributed by atoms with Gasteiger partial charge in [0.2, 0.25) is 5.91 Å². The lowest BCUT2D eigenvalue weighted by atomic mass is 10.2. The Labute approximate surface area is 85.9 Å². The molecule has 0 saturated carbocycles. The van der Waals surface area contributed by atoms with E-state index in [1.165, 1.54) is 0 Å². The van der Waals surface area contributed by atoms with Crippen LogP contribution in [-0.4, -0.2) is 48.8 Å². The van der Waals surface area contributed by atoms with Crippen molar-refractivity contribution in [2.75, 3.05) is 26.8 Å². The molecule has 4 nitrogen and oxygen atoms in total. The highest BCUT2D eigenvalue weighted by Crippen LogP contribution is 1.96. The average Bonchev–Trinajstić information content (AvgIpc) is 2.14. The van der Waals surface area contributed by atoms with E-state index in [4.69, 9.17) is 9.84 Å². The topological polar surface area (TPSA) is 49.8 Å². The van der Waals surface area contributed by atoms with Crippen LogP contribution < -0.4 is 0 Å². The maximum absolute atomic E-state index is 11.4. The zero-order valence-electron chi connectivity index (χ0n) is 9.32. The second-order valence-electron chi connectivity index (χ2n) is 3.40. The molecule has 0 aliphatic carbocycles. The highest BCUT2D eigenvalue weighted by atomic mass is 16.5. The fraction of sp³-hybridized carbons (Fsp3) is 0.900. The molecule has 0 rings (SSSR count). The molecule has 0 aromatic carbocycles. The Balaban J connectivity index is 3.54. The molecule has 0 fully saturated rings. The maximum atomic E-state index is 11.4. The van der Waals surface area contributed by atoms with Crippen molar-refractivity contribution in [3.05, 3.63) is 0 Å². The second-order valence-corrected chi connectivity index (χ2v) is 3.40. The van der Waals surface area contributed by atoms with Crippen molar-refractivity contribution >= 4 is 5.91 Å². The van der Waals surface area contributed by atoms with Gasteiger partial charge in [0, 0.05) is 20.2 Å². The van der Waals surface area contributed by atoms with Gasteiger partial charge in [-0.15, -0.1) is 0 Å². The van der Waals surface area contributed by atoms with Gasteiger partial charge in [0.05, 0.1) is 19.1 Å². The maximum Gasteiger partial charge on any atom is 0.224 e. The molecule has 4 heteroatoms. The van der Waals surface area contributed by atoms with Crippen molar-refractivity contribution in [2.45, 2.75) is 32.8 Å². The molecule has 84 valence electrons. The summed E-state index contributed by atoms with van der Waals surface area (Å²) in [6.07, 6.45) is 0.693. The number of hydrogen-bond donors (Lipinski definition) is 1. The molecular weight excluding hydrogens is 182 g/mol. The van der Waals surface area contributed by atoms with Gasteiger partial charge in [0.15, 0.2) is 0 Å². The Kier molecular flexibility index (Phi) is 7.42. The largest absolute Gasteiger partial charge is 0.393 e. The minimum atomic E-state index is -0.350. The Morgan fingerprint density at radius 3 is 2.71 bits per heavy atom. The first kappa shape index (κ1) is 13.4. The first-order valence-corrected chi connectivity index (χ1v) is 5.07.